The molecule has 0 fully saturated rings. The summed E-state index contributed by atoms with van der Waals surface area (Å²) < 4.78 is 50.7. The summed E-state index contributed by atoms with van der Waals surface area (Å²) in [6.45, 7) is -0.520. The Morgan fingerprint density at radius 3 is 2.58 bits per heavy atom. The summed E-state index contributed by atoms with van der Waals surface area (Å²) in [5.41, 5.74) is 0. The Kier molecular flexibility index (Phi) is 6.14. The van der Waals surface area contributed by atoms with Gasteiger partial charge in [-0.15, -0.1) is 0 Å². The third-order valence-corrected chi connectivity index (χ3v) is 4.93. The quantitative estimate of drug-likeness (QED) is 0.527. The molecule has 0 aliphatic heterocycles. The highest BCUT2D eigenvalue weighted by molar-refractivity contribution is 7.54. The molecular formula is C15H16FO7P. The second kappa shape index (κ2) is 8.10. The summed E-state index contributed by atoms with van der Waals surface area (Å²) in [5.74, 6) is -2.48. The van der Waals surface area contributed by atoms with Gasteiger partial charge in [0.15, 0.2) is 12.4 Å². The van der Waals surface area contributed by atoms with E-state index in [9.17, 15) is 13.8 Å². The summed E-state index contributed by atoms with van der Waals surface area (Å²) in [7, 11) is -1.46. The van der Waals surface area contributed by atoms with Crippen molar-refractivity contribution in [3.63, 3.8) is 0 Å². The molecule has 0 spiro atoms. The van der Waals surface area contributed by atoms with Gasteiger partial charge in [0, 0.05) is 20.3 Å². The molecule has 1 aromatic heterocycles. The minimum absolute atomic E-state index is 0.0983. The zero-order valence-electron chi connectivity index (χ0n) is 13.0. The van der Waals surface area contributed by atoms with Crippen molar-refractivity contribution in [2.45, 2.75) is 5.85 Å². The molecule has 7 nitrogen and oxygen atoms in total. The molecule has 0 amide bonds. The molecule has 9 heteroatoms. The largest absolute Gasteiger partial charge is 0.482 e. The Morgan fingerprint density at radius 1 is 1.25 bits per heavy atom. The predicted octanol–water partition coefficient (Wildman–Crippen LogP) is 3.53. The average Bonchev–Trinajstić information content (AvgIpc) is 3.11. The molecule has 130 valence electrons. The zero-order valence-corrected chi connectivity index (χ0v) is 13.9. The van der Waals surface area contributed by atoms with Crippen LogP contribution in [0.15, 0.2) is 47.1 Å². The van der Waals surface area contributed by atoms with Crippen molar-refractivity contribution in [2.24, 2.45) is 0 Å². The molecule has 0 saturated carbocycles. The molecule has 2 rings (SSSR count). The van der Waals surface area contributed by atoms with E-state index < -0.39 is 31.8 Å². The van der Waals surface area contributed by atoms with Crippen LogP contribution in [-0.4, -0.2) is 26.8 Å². The fourth-order valence-electron chi connectivity index (χ4n) is 1.83. The molecule has 1 unspecified atom stereocenters. The summed E-state index contributed by atoms with van der Waals surface area (Å²) in [4.78, 5) is 12.0. The number of carbonyl (C=O) groups is 1. The lowest BCUT2D eigenvalue weighted by Gasteiger charge is -2.22. The van der Waals surface area contributed by atoms with Crippen molar-refractivity contribution in [1.82, 2.24) is 0 Å². The third-order valence-electron chi connectivity index (χ3n) is 2.98. The highest BCUT2D eigenvalue weighted by Crippen LogP contribution is 2.60. The Morgan fingerprint density at radius 2 is 2.00 bits per heavy atom. The van der Waals surface area contributed by atoms with Crippen LogP contribution in [0.4, 0.5) is 4.39 Å². The van der Waals surface area contributed by atoms with E-state index >= 15 is 0 Å². The van der Waals surface area contributed by atoms with Gasteiger partial charge in [0.05, 0.1) is 6.26 Å². The standard InChI is InChI=1S/C15H16FO7P/c1-19-24(18,20-2)15(13-7-4-8-21-13)23-14(17)10-22-12-6-3-5-11(16)9-12/h3-9,15H,10H2,1-2H3. The Hall–Kier alpha value is -2.15. The summed E-state index contributed by atoms with van der Waals surface area (Å²) >= 11 is 0. The number of benzene rings is 1. The van der Waals surface area contributed by atoms with Crippen LogP contribution >= 0.6 is 7.60 Å². The van der Waals surface area contributed by atoms with E-state index in [4.69, 9.17) is 22.9 Å². The Bertz CT molecular complexity index is 708. The van der Waals surface area contributed by atoms with Crippen molar-refractivity contribution < 1.29 is 36.7 Å². The van der Waals surface area contributed by atoms with E-state index in [1.165, 1.54) is 36.6 Å². The summed E-state index contributed by atoms with van der Waals surface area (Å²) in [5, 5.41) is 0. The molecule has 0 radical (unpaired) electrons. The molecule has 0 saturated heterocycles. The number of halogens is 1. The Balaban J connectivity index is 2.06. The van der Waals surface area contributed by atoms with Gasteiger partial charge in [-0.2, -0.15) is 0 Å². The van der Waals surface area contributed by atoms with Crippen molar-refractivity contribution in [1.29, 1.82) is 0 Å². The van der Waals surface area contributed by atoms with Crippen LogP contribution in [-0.2, 0) is 23.1 Å². The first kappa shape index (κ1) is 18.2. The van der Waals surface area contributed by atoms with Crippen LogP contribution < -0.4 is 4.74 Å². The molecule has 0 aliphatic rings. The topological polar surface area (TPSA) is 84.2 Å². The van der Waals surface area contributed by atoms with E-state index in [2.05, 4.69) is 0 Å². The minimum Gasteiger partial charge on any atom is -0.482 e. The SMILES string of the molecule is COP(=O)(OC)C(OC(=O)COc1cccc(F)c1)c1ccco1. The van der Waals surface area contributed by atoms with Crippen LogP contribution in [0.25, 0.3) is 0 Å². The first-order chi connectivity index (χ1) is 11.5. The Labute approximate surface area is 137 Å². The maximum absolute atomic E-state index is 13.1. The number of esters is 1. The minimum atomic E-state index is -3.79. The van der Waals surface area contributed by atoms with Gasteiger partial charge in [-0.3, -0.25) is 4.57 Å². The highest BCUT2D eigenvalue weighted by atomic mass is 31.2. The summed E-state index contributed by atoms with van der Waals surface area (Å²) in [6, 6.07) is 8.28. The monoisotopic (exact) mass is 358 g/mol. The second-order valence-corrected chi connectivity index (χ2v) is 6.79. The van der Waals surface area contributed by atoms with E-state index in [1.807, 2.05) is 0 Å². The number of rotatable bonds is 8. The first-order valence-corrected chi connectivity index (χ1v) is 8.42. The molecule has 0 N–H and O–H groups in total. The lowest BCUT2D eigenvalue weighted by Crippen LogP contribution is -2.19. The molecular weight excluding hydrogens is 342 g/mol. The number of hydrogen-bond donors (Lipinski definition) is 0. The van der Waals surface area contributed by atoms with Gasteiger partial charge in [-0.25, -0.2) is 9.18 Å². The number of carbonyl (C=O) groups excluding carboxylic acids is 1. The van der Waals surface area contributed by atoms with Crippen LogP contribution in [0, 0.1) is 5.82 Å². The summed E-state index contributed by atoms with van der Waals surface area (Å²) in [6.07, 6.45) is 1.33. The fourth-order valence-corrected chi connectivity index (χ4v) is 3.07. The lowest BCUT2D eigenvalue weighted by molar-refractivity contribution is -0.149. The van der Waals surface area contributed by atoms with Crippen LogP contribution in [0.1, 0.15) is 11.6 Å². The molecule has 0 bridgehead atoms. The molecule has 1 aromatic carbocycles. The van der Waals surface area contributed by atoms with Gasteiger partial charge in [0.25, 0.3) is 5.85 Å². The smallest absolute Gasteiger partial charge is 0.378 e. The normalized spacial score (nSPS) is 12.6. The van der Waals surface area contributed by atoms with Gasteiger partial charge < -0.3 is 22.9 Å². The maximum atomic E-state index is 13.1. The average molecular weight is 358 g/mol. The van der Waals surface area contributed by atoms with Crippen LogP contribution in [0.3, 0.4) is 0 Å². The molecule has 1 atom stereocenters. The lowest BCUT2D eigenvalue weighted by atomic mass is 10.3. The molecule has 0 aliphatic carbocycles. The number of hydrogen-bond acceptors (Lipinski definition) is 7. The first-order valence-electron chi connectivity index (χ1n) is 6.81. The van der Waals surface area contributed by atoms with Crippen LogP contribution in [0.2, 0.25) is 0 Å². The second-order valence-electron chi connectivity index (χ2n) is 4.51. The van der Waals surface area contributed by atoms with Gasteiger partial charge in [-0.1, -0.05) is 6.07 Å². The molecule has 24 heavy (non-hydrogen) atoms. The number of furan rings is 1. The van der Waals surface area contributed by atoms with Gasteiger partial charge >= 0.3 is 13.6 Å². The van der Waals surface area contributed by atoms with Gasteiger partial charge in [0.1, 0.15) is 11.6 Å². The van der Waals surface area contributed by atoms with E-state index in [0.717, 1.165) is 20.3 Å². The van der Waals surface area contributed by atoms with E-state index in [-0.39, 0.29) is 11.5 Å². The van der Waals surface area contributed by atoms with Gasteiger partial charge in [0.2, 0.25) is 0 Å². The van der Waals surface area contributed by atoms with Crippen molar-refractivity contribution >= 4 is 13.6 Å². The third kappa shape index (κ3) is 4.44. The van der Waals surface area contributed by atoms with Crippen molar-refractivity contribution in [3.8, 4) is 5.75 Å². The highest BCUT2D eigenvalue weighted by Gasteiger charge is 2.41. The van der Waals surface area contributed by atoms with E-state index in [0.29, 0.717) is 0 Å². The van der Waals surface area contributed by atoms with Crippen molar-refractivity contribution in [2.75, 3.05) is 20.8 Å². The van der Waals surface area contributed by atoms with Crippen molar-refractivity contribution in [3.05, 3.63) is 54.2 Å². The van der Waals surface area contributed by atoms with E-state index in [1.54, 1.807) is 0 Å². The predicted molar refractivity (Wildman–Crippen MR) is 81.1 cm³/mol. The van der Waals surface area contributed by atoms with Crippen LogP contribution in [0.5, 0.6) is 5.75 Å². The molecule has 2 aromatic rings. The van der Waals surface area contributed by atoms with Gasteiger partial charge in [-0.05, 0) is 24.3 Å². The maximum Gasteiger partial charge on any atom is 0.378 e. The fraction of sp³-hybridized carbons (Fsp3) is 0.267. The zero-order chi connectivity index (χ0) is 17.6. The molecule has 1 heterocycles. The number of ether oxygens (including phenoxy) is 2.